The van der Waals surface area contributed by atoms with E-state index in [4.69, 9.17) is 4.74 Å². The van der Waals surface area contributed by atoms with Crippen molar-refractivity contribution < 1.29 is 4.74 Å². The summed E-state index contributed by atoms with van der Waals surface area (Å²) in [5.41, 5.74) is 0.934. The van der Waals surface area contributed by atoms with Crippen molar-refractivity contribution in [1.82, 2.24) is 25.1 Å². The lowest BCUT2D eigenvalue weighted by atomic mass is 10.3. The highest BCUT2D eigenvalue weighted by molar-refractivity contribution is 5.27. The van der Waals surface area contributed by atoms with Crippen LogP contribution in [0.5, 0.6) is 11.6 Å². The van der Waals surface area contributed by atoms with Gasteiger partial charge in [0, 0.05) is 24.8 Å². The van der Waals surface area contributed by atoms with Crippen LogP contribution in [0.1, 0.15) is 19.4 Å². The molecule has 1 N–H and O–H groups in total. The van der Waals surface area contributed by atoms with Crippen LogP contribution in [0.25, 0.3) is 0 Å². The summed E-state index contributed by atoms with van der Waals surface area (Å²) in [7, 11) is 0. The number of nitrogens with one attached hydrogen (secondary N) is 1. The number of hydrogen-bond acceptors (Lipinski definition) is 5. The van der Waals surface area contributed by atoms with Gasteiger partial charge in [0.05, 0.1) is 12.4 Å². The fraction of sp³-hybridized carbons (Fsp3) is 0.417. The number of hydrogen-bond donors (Lipinski definition) is 1. The summed E-state index contributed by atoms with van der Waals surface area (Å²) >= 11 is 0. The molecule has 0 aromatic carbocycles. The van der Waals surface area contributed by atoms with Crippen molar-refractivity contribution in [3.8, 4) is 11.6 Å². The first-order chi connectivity index (χ1) is 8.83. The molecule has 6 nitrogen and oxygen atoms in total. The van der Waals surface area contributed by atoms with Gasteiger partial charge in [0.2, 0.25) is 5.88 Å². The molecule has 6 heteroatoms. The largest absolute Gasteiger partial charge is 0.435 e. The first kappa shape index (κ1) is 12.5. The van der Waals surface area contributed by atoms with E-state index in [0.29, 0.717) is 18.2 Å². The van der Waals surface area contributed by atoms with Gasteiger partial charge < -0.3 is 10.1 Å². The molecular formula is C12H17N5O. The molecule has 96 valence electrons. The third kappa shape index (κ3) is 3.04. The van der Waals surface area contributed by atoms with Crippen LogP contribution in [0, 0.1) is 0 Å². The van der Waals surface area contributed by atoms with Gasteiger partial charge in [-0.1, -0.05) is 6.92 Å². The molecule has 18 heavy (non-hydrogen) atoms. The predicted molar refractivity (Wildman–Crippen MR) is 67.4 cm³/mol. The maximum atomic E-state index is 5.71. The topological polar surface area (TPSA) is 64.9 Å². The molecule has 0 saturated heterocycles. The van der Waals surface area contributed by atoms with Gasteiger partial charge in [0.1, 0.15) is 6.33 Å². The summed E-state index contributed by atoms with van der Waals surface area (Å²) in [5.74, 6) is 1.26. The second kappa shape index (κ2) is 6.11. The monoisotopic (exact) mass is 247 g/mol. The number of ether oxygens (including phenoxy) is 1. The van der Waals surface area contributed by atoms with Crippen molar-refractivity contribution in [2.75, 3.05) is 6.54 Å². The molecule has 0 atom stereocenters. The predicted octanol–water partition coefficient (Wildman–Crippen LogP) is 1.59. The zero-order chi connectivity index (χ0) is 12.8. The van der Waals surface area contributed by atoms with Gasteiger partial charge in [-0.2, -0.15) is 5.10 Å². The average molecular weight is 247 g/mol. The first-order valence-electron chi connectivity index (χ1n) is 6.03. The molecule has 2 aromatic rings. The second-order valence-electron chi connectivity index (χ2n) is 3.77. The van der Waals surface area contributed by atoms with E-state index in [1.165, 1.54) is 6.33 Å². The lowest BCUT2D eigenvalue weighted by Gasteiger charge is -2.07. The Morgan fingerprint density at radius 3 is 2.94 bits per heavy atom. The van der Waals surface area contributed by atoms with Crippen LogP contribution in [-0.4, -0.2) is 26.3 Å². The van der Waals surface area contributed by atoms with E-state index in [1.807, 2.05) is 13.1 Å². The maximum absolute atomic E-state index is 5.71. The van der Waals surface area contributed by atoms with Crippen molar-refractivity contribution in [1.29, 1.82) is 0 Å². The third-order valence-corrected chi connectivity index (χ3v) is 2.46. The number of nitrogens with zero attached hydrogens (tertiary/aromatic N) is 4. The molecule has 0 aliphatic carbocycles. The molecule has 0 radical (unpaired) electrons. The molecule has 0 aliphatic heterocycles. The van der Waals surface area contributed by atoms with Crippen LogP contribution in [0.2, 0.25) is 0 Å². The van der Waals surface area contributed by atoms with Gasteiger partial charge in [-0.3, -0.25) is 4.68 Å². The van der Waals surface area contributed by atoms with Crippen molar-refractivity contribution in [3.63, 3.8) is 0 Å². The number of aromatic nitrogens is 4. The third-order valence-electron chi connectivity index (χ3n) is 2.46. The molecule has 0 unspecified atom stereocenters. The fourth-order valence-electron chi connectivity index (χ4n) is 1.50. The molecule has 2 aromatic heterocycles. The highest BCUT2D eigenvalue weighted by Gasteiger charge is 2.07. The van der Waals surface area contributed by atoms with E-state index in [9.17, 15) is 0 Å². The van der Waals surface area contributed by atoms with E-state index in [2.05, 4.69) is 27.3 Å². The Balaban J connectivity index is 2.12. The van der Waals surface area contributed by atoms with E-state index in [1.54, 1.807) is 17.1 Å². The van der Waals surface area contributed by atoms with Crippen LogP contribution in [-0.2, 0) is 13.1 Å². The van der Waals surface area contributed by atoms with Gasteiger partial charge in [-0.15, -0.1) is 0 Å². The van der Waals surface area contributed by atoms with Gasteiger partial charge >= 0.3 is 0 Å². The SMILES string of the molecule is CCNCc1cncnc1Oc1cnn(CC)c1. The van der Waals surface area contributed by atoms with Crippen LogP contribution < -0.4 is 10.1 Å². The standard InChI is InChI=1S/C12H17N5O/c1-3-13-5-10-6-14-9-15-12(10)18-11-7-16-17(4-2)8-11/h6-9,13H,3-5H2,1-2H3. The highest BCUT2D eigenvalue weighted by Crippen LogP contribution is 2.21. The summed E-state index contributed by atoms with van der Waals surface area (Å²) in [6.07, 6.45) is 6.77. The Morgan fingerprint density at radius 2 is 2.22 bits per heavy atom. The lowest BCUT2D eigenvalue weighted by molar-refractivity contribution is 0.450. The molecule has 0 amide bonds. The normalized spacial score (nSPS) is 10.6. The minimum Gasteiger partial charge on any atom is -0.435 e. The Morgan fingerprint density at radius 1 is 1.33 bits per heavy atom. The number of rotatable bonds is 6. The Kier molecular flexibility index (Phi) is 4.25. The van der Waals surface area contributed by atoms with Crippen molar-refractivity contribution in [2.24, 2.45) is 0 Å². The van der Waals surface area contributed by atoms with Crippen LogP contribution in [0.4, 0.5) is 0 Å². The Labute approximate surface area is 106 Å². The zero-order valence-corrected chi connectivity index (χ0v) is 10.6. The summed E-state index contributed by atoms with van der Waals surface area (Å²) in [5, 5.41) is 7.38. The van der Waals surface area contributed by atoms with Gasteiger partial charge in [0.15, 0.2) is 5.75 Å². The van der Waals surface area contributed by atoms with Gasteiger partial charge in [-0.25, -0.2) is 9.97 Å². The maximum Gasteiger partial charge on any atom is 0.226 e. The van der Waals surface area contributed by atoms with E-state index >= 15 is 0 Å². The Bertz CT molecular complexity index is 497. The van der Waals surface area contributed by atoms with Crippen LogP contribution in [0.3, 0.4) is 0 Å². The van der Waals surface area contributed by atoms with E-state index in [0.717, 1.165) is 18.7 Å². The van der Waals surface area contributed by atoms with Crippen LogP contribution >= 0.6 is 0 Å². The molecule has 0 fully saturated rings. The highest BCUT2D eigenvalue weighted by atomic mass is 16.5. The smallest absolute Gasteiger partial charge is 0.226 e. The summed E-state index contributed by atoms with van der Waals surface area (Å²) in [6, 6.07) is 0. The molecule has 2 rings (SSSR count). The van der Waals surface area contributed by atoms with Crippen molar-refractivity contribution in [3.05, 3.63) is 30.5 Å². The van der Waals surface area contributed by atoms with Gasteiger partial charge in [0.25, 0.3) is 0 Å². The quantitative estimate of drug-likeness (QED) is 0.839. The van der Waals surface area contributed by atoms with Gasteiger partial charge in [-0.05, 0) is 13.5 Å². The molecule has 2 heterocycles. The zero-order valence-electron chi connectivity index (χ0n) is 10.6. The minimum absolute atomic E-state index is 0.571. The fourth-order valence-corrected chi connectivity index (χ4v) is 1.50. The first-order valence-corrected chi connectivity index (χ1v) is 6.03. The molecule has 0 aliphatic rings. The molecule has 0 bridgehead atoms. The average Bonchev–Trinajstić information content (AvgIpc) is 2.85. The van der Waals surface area contributed by atoms with Crippen molar-refractivity contribution >= 4 is 0 Å². The van der Waals surface area contributed by atoms with Crippen LogP contribution in [0.15, 0.2) is 24.9 Å². The molecular weight excluding hydrogens is 230 g/mol. The summed E-state index contributed by atoms with van der Waals surface area (Å²) < 4.78 is 7.52. The van der Waals surface area contributed by atoms with E-state index in [-0.39, 0.29) is 0 Å². The number of aryl methyl sites for hydroxylation is 1. The second-order valence-corrected chi connectivity index (χ2v) is 3.77. The molecule has 0 spiro atoms. The van der Waals surface area contributed by atoms with E-state index < -0.39 is 0 Å². The lowest BCUT2D eigenvalue weighted by Crippen LogP contribution is -2.13. The Hall–Kier alpha value is -1.95. The van der Waals surface area contributed by atoms with Crippen molar-refractivity contribution in [2.45, 2.75) is 26.9 Å². The molecule has 0 saturated carbocycles. The minimum atomic E-state index is 0.571. The summed E-state index contributed by atoms with van der Waals surface area (Å²) in [6.45, 7) is 6.47. The summed E-state index contributed by atoms with van der Waals surface area (Å²) in [4.78, 5) is 8.16.